The summed E-state index contributed by atoms with van der Waals surface area (Å²) >= 11 is 1.34. The number of carbonyl (C=O) groups is 1. The standard InChI is InChI=1S/C23H33FO3S/c1-2-23(14-5-15-23)21(25)9-4-8-18-16(10-12-19(18)24)6-3-7-17-11-13-20(28-17)22(26)27/h4,8,11,13,16,18-19,21,25H,2-3,5-7,9-10,12,14-15H2,1H3,(H,26,27)/t16-,18+,19+,21?/m0/s1. The fraction of sp³-hybridized carbons (Fsp3) is 0.696. The Labute approximate surface area is 171 Å². The Hall–Kier alpha value is -1.20. The van der Waals surface area contributed by atoms with E-state index in [0.717, 1.165) is 49.8 Å². The molecule has 2 saturated carbocycles. The molecule has 1 aromatic heterocycles. The Morgan fingerprint density at radius 3 is 2.79 bits per heavy atom. The van der Waals surface area contributed by atoms with Gasteiger partial charge in [-0.05, 0) is 81.3 Å². The molecule has 1 heterocycles. The number of carboxylic acid groups (broad SMARTS) is 1. The Morgan fingerprint density at radius 1 is 1.39 bits per heavy atom. The maximum atomic E-state index is 14.4. The van der Waals surface area contributed by atoms with Crippen molar-refractivity contribution in [3.63, 3.8) is 0 Å². The molecule has 5 heteroatoms. The number of thiophene rings is 1. The lowest BCUT2D eigenvalue weighted by atomic mass is 9.63. The van der Waals surface area contributed by atoms with Crippen LogP contribution in [0.1, 0.15) is 79.3 Å². The molecule has 0 amide bonds. The van der Waals surface area contributed by atoms with Crippen LogP contribution in [-0.4, -0.2) is 28.5 Å². The predicted molar refractivity (Wildman–Crippen MR) is 112 cm³/mol. The third-order valence-corrected chi connectivity index (χ3v) is 8.26. The summed E-state index contributed by atoms with van der Waals surface area (Å²) in [6.07, 6.45) is 12.4. The summed E-state index contributed by atoms with van der Waals surface area (Å²) in [7, 11) is 0. The molecule has 3 rings (SSSR count). The Kier molecular flexibility index (Phi) is 7.32. The molecule has 28 heavy (non-hydrogen) atoms. The van der Waals surface area contributed by atoms with E-state index in [0.29, 0.717) is 23.6 Å². The highest BCUT2D eigenvalue weighted by Gasteiger charge is 2.41. The van der Waals surface area contributed by atoms with Crippen LogP contribution in [0.15, 0.2) is 24.3 Å². The topological polar surface area (TPSA) is 57.5 Å². The van der Waals surface area contributed by atoms with Crippen LogP contribution in [0.3, 0.4) is 0 Å². The number of rotatable bonds is 10. The highest BCUT2D eigenvalue weighted by atomic mass is 32.1. The van der Waals surface area contributed by atoms with E-state index in [1.54, 1.807) is 6.07 Å². The predicted octanol–water partition coefficient (Wildman–Crippen LogP) is 6.02. The van der Waals surface area contributed by atoms with E-state index in [1.165, 1.54) is 17.8 Å². The minimum Gasteiger partial charge on any atom is -0.477 e. The molecule has 0 radical (unpaired) electrons. The molecule has 0 aromatic carbocycles. The molecule has 2 aliphatic carbocycles. The van der Waals surface area contributed by atoms with Gasteiger partial charge in [0.15, 0.2) is 0 Å². The molecule has 1 aromatic rings. The highest BCUT2D eigenvalue weighted by Crippen LogP contribution is 2.47. The maximum absolute atomic E-state index is 14.4. The largest absolute Gasteiger partial charge is 0.477 e. The first-order valence-electron chi connectivity index (χ1n) is 10.8. The van der Waals surface area contributed by atoms with Gasteiger partial charge in [-0.2, -0.15) is 0 Å². The maximum Gasteiger partial charge on any atom is 0.345 e. The van der Waals surface area contributed by atoms with E-state index >= 15 is 0 Å². The van der Waals surface area contributed by atoms with Crippen molar-refractivity contribution < 1.29 is 19.4 Å². The molecule has 4 atom stereocenters. The van der Waals surface area contributed by atoms with E-state index in [2.05, 4.69) is 6.92 Å². The van der Waals surface area contributed by atoms with Gasteiger partial charge in [0, 0.05) is 10.8 Å². The second-order valence-corrected chi connectivity index (χ2v) is 9.81. The number of allylic oxidation sites excluding steroid dienone is 1. The molecule has 1 unspecified atom stereocenters. The summed E-state index contributed by atoms with van der Waals surface area (Å²) in [5.41, 5.74) is 0.101. The van der Waals surface area contributed by atoms with Crippen molar-refractivity contribution in [1.82, 2.24) is 0 Å². The highest BCUT2D eigenvalue weighted by molar-refractivity contribution is 7.13. The number of alkyl halides is 1. The Balaban J connectivity index is 1.47. The molecule has 2 N–H and O–H groups in total. The van der Waals surface area contributed by atoms with Gasteiger partial charge >= 0.3 is 5.97 Å². The van der Waals surface area contributed by atoms with Gasteiger partial charge in [-0.25, -0.2) is 9.18 Å². The van der Waals surface area contributed by atoms with Crippen LogP contribution in [0.4, 0.5) is 4.39 Å². The molecular formula is C23H33FO3S. The van der Waals surface area contributed by atoms with Crippen LogP contribution in [0, 0.1) is 17.3 Å². The summed E-state index contributed by atoms with van der Waals surface area (Å²) < 4.78 is 14.4. The SMILES string of the molecule is CCC1(C(O)CC=C[C@@H]2[C@@H](CCCc3ccc(C(=O)O)s3)CC[C@H]2F)CCC1. The van der Waals surface area contributed by atoms with Crippen LogP contribution < -0.4 is 0 Å². The molecule has 156 valence electrons. The first kappa shape index (κ1) is 21.5. The van der Waals surface area contributed by atoms with Crippen molar-refractivity contribution in [2.75, 3.05) is 0 Å². The lowest BCUT2D eigenvalue weighted by Gasteiger charge is -2.45. The molecule has 0 spiro atoms. The normalized spacial score (nSPS) is 27.8. The van der Waals surface area contributed by atoms with Crippen molar-refractivity contribution in [3.8, 4) is 0 Å². The number of hydrogen-bond donors (Lipinski definition) is 2. The minimum absolute atomic E-state index is 0.0379. The first-order valence-corrected chi connectivity index (χ1v) is 11.6. The zero-order valence-electron chi connectivity index (χ0n) is 16.8. The van der Waals surface area contributed by atoms with E-state index < -0.39 is 12.1 Å². The van der Waals surface area contributed by atoms with Crippen molar-refractivity contribution in [3.05, 3.63) is 34.0 Å². The van der Waals surface area contributed by atoms with Crippen molar-refractivity contribution in [1.29, 1.82) is 0 Å². The summed E-state index contributed by atoms with van der Waals surface area (Å²) in [4.78, 5) is 12.4. The molecule has 2 aliphatic rings. The monoisotopic (exact) mass is 408 g/mol. The van der Waals surface area contributed by atoms with E-state index in [-0.39, 0.29) is 17.4 Å². The van der Waals surface area contributed by atoms with Gasteiger partial charge < -0.3 is 10.2 Å². The minimum atomic E-state index is -0.869. The number of halogens is 1. The van der Waals surface area contributed by atoms with Gasteiger partial charge in [0.2, 0.25) is 0 Å². The molecular weight excluding hydrogens is 375 g/mol. The average Bonchev–Trinajstić information content (AvgIpc) is 3.23. The first-order chi connectivity index (χ1) is 13.4. The molecule has 0 saturated heterocycles. The third kappa shape index (κ3) is 4.85. The molecule has 2 fully saturated rings. The lowest BCUT2D eigenvalue weighted by molar-refractivity contribution is -0.0355. The fourth-order valence-electron chi connectivity index (χ4n) is 5.00. The zero-order chi connectivity index (χ0) is 20.1. The van der Waals surface area contributed by atoms with Gasteiger partial charge in [-0.3, -0.25) is 0 Å². The molecule has 0 bridgehead atoms. The Bertz CT molecular complexity index is 674. The van der Waals surface area contributed by atoms with Crippen molar-refractivity contribution >= 4 is 17.3 Å². The second-order valence-electron chi connectivity index (χ2n) is 8.64. The van der Waals surface area contributed by atoms with Gasteiger partial charge in [-0.1, -0.05) is 25.5 Å². The number of aromatic carboxylic acids is 1. The quantitative estimate of drug-likeness (QED) is 0.465. The van der Waals surface area contributed by atoms with Crippen LogP contribution in [-0.2, 0) is 6.42 Å². The molecule has 3 nitrogen and oxygen atoms in total. The van der Waals surface area contributed by atoms with E-state index in [9.17, 15) is 14.3 Å². The average molecular weight is 409 g/mol. The van der Waals surface area contributed by atoms with E-state index in [1.807, 2.05) is 18.2 Å². The smallest absolute Gasteiger partial charge is 0.345 e. The summed E-state index contributed by atoms with van der Waals surface area (Å²) in [5, 5.41) is 19.6. The summed E-state index contributed by atoms with van der Waals surface area (Å²) in [5.74, 6) is -0.554. The lowest BCUT2D eigenvalue weighted by Crippen LogP contribution is -2.40. The summed E-state index contributed by atoms with van der Waals surface area (Å²) in [6, 6.07) is 3.56. The van der Waals surface area contributed by atoms with Crippen LogP contribution in [0.25, 0.3) is 0 Å². The fourth-order valence-corrected chi connectivity index (χ4v) is 5.89. The number of aliphatic hydroxyl groups excluding tert-OH is 1. The molecule has 0 aliphatic heterocycles. The van der Waals surface area contributed by atoms with Crippen LogP contribution in [0.5, 0.6) is 0 Å². The number of aryl methyl sites for hydroxylation is 1. The number of aliphatic hydroxyl groups is 1. The van der Waals surface area contributed by atoms with Gasteiger partial charge in [0.05, 0.1) is 6.10 Å². The second kappa shape index (κ2) is 9.53. The number of carboxylic acids is 1. The Morgan fingerprint density at radius 2 is 2.18 bits per heavy atom. The zero-order valence-corrected chi connectivity index (χ0v) is 17.6. The number of hydrogen-bond acceptors (Lipinski definition) is 3. The van der Waals surface area contributed by atoms with Gasteiger partial charge in [0.25, 0.3) is 0 Å². The van der Waals surface area contributed by atoms with Crippen molar-refractivity contribution in [2.24, 2.45) is 17.3 Å². The van der Waals surface area contributed by atoms with Gasteiger partial charge in [0.1, 0.15) is 11.0 Å². The van der Waals surface area contributed by atoms with E-state index in [4.69, 9.17) is 5.11 Å². The summed E-state index contributed by atoms with van der Waals surface area (Å²) in [6.45, 7) is 2.16. The van der Waals surface area contributed by atoms with Crippen molar-refractivity contribution in [2.45, 2.75) is 83.4 Å². The van der Waals surface area contributed by atoms with Gasteiger partial charge in [-0.15, -0.1) is 11.3 Å². The van der Waals surface area contributed by atoms with Crippen LogP contribution in [0.2, 0.25) is 0 Å². The van der Waals surface area contributed by atoms with Crippen LogP contribution >= 0.6 is 11.3 Å². The third-order valence-electron chi connectivity index (χ3n) is 7.12.